The Labute approximate surface area is 132 Å². The van der Waals surface area contributed by atoms with Gasteiger partial charge in [0, 0.05) is 10.6 Å². The molecule has 0 aliphatic carbocycles. The van der Waals surface area contributed by atoms with Gasteiger partial charge in [-0.1, -0.05) is 29.8 Å². The fourth-order valence-corrected chi connectivity index (χ4v) is 1.76. The van der Waals surface area contributed by atoms with E-state index in [1.165, 1.54) is 12.3 Å². The smallest absolute Gasteiger partial charge is 0.277 e. The highest BCUT2D eigenvalue weighted by Gasteiger charge is 2.03. The molecule has 0 atom stereocenters. The molecule has 2 rings (SSSR count). The SMILES string of the molecule is Cc1cc(OCC(=O)NN=Cc2ccccc2F)ccc1Cl. The highest BCUT2D eigenvalue weighted by Crippen LogP contribution is 2.20. The van der Waals surface area contributed by atoms with Crippen LogP contribution in [-0.4, -0.2) is 18.7 Å². The first-order chi connectivity index (χ1) is 10.6. The van der Waals surface area contributed by atoms with E-state index in [1.54, 1.807) is 36.4 Å². The van der Waals surface area contributed by atoms with Crippen molar-refractivity contribution in [2.75, 3.05) is 6.61 Å². The van der Waals surface area contributed by atoms with Gasteiger partial charge in [0.15, 0.2) is 6.61 Å². The van der Waals surface area contributed by atoms with Gasteiger partial charge in [0.1, 0.15) is 11.6 Å². The first-order valence-electron chi connectivity index (χ1n) is 6.51. The summed E-state index contributed by atoms with van der Waals surface area (Å²) >= 11 is 5.90. The van der Waals surface area contributed by atoms with Crippen molar-refractivity contribution in [3.63, 3.8) is 0 Å². The molecule has 0 saturated carbocycles. The third kappa shape index (κ3) is 4.56. The number of carbonyl (C=O) groups excluding carboxylic acids is 1. The summed E-state index contributed by atoms with van der Waals surface area (Å²) in [6.45, 7) is 1.64. The molecule has 2 aromatic carbocycles. The normalized spacial score (nSPS) is 10.7. The van der Waals surface area contributed by atoms with Gasteiger partial charge in [-0.25, -0.2) is 9.82 Å². The molecule has 114 valence electrons. The Balaban J connectivity index is 1.83. The summed E-state index contributed by atoms with van der Waals surface area (Å²) < 4.78 is 18.6. The van der Waals surface area contributed by atoms with E-state index < -0.39 is 11.7 Å². The lowest BCUT2D eigenvalue weighted by Gasteiger charge is -2.06. The highest BCUT2D eigenvalue weighted by molar-refractivity contribution is 6.31. The summed E-state index contributed by atoms with van der Waals surface area (Å²) in [6.07, 6.45) is 1.24. The van der Waals surface area contributed by atoms with E-state index in [4.69, 9.17) is 16.3 Å². The second kappa shape index (κ2) is 7.56. The van der Waals surface area contributed by atoms with E-state index in [9.17, 15) is 9.18 Å². The van der Waals surface area contributed by atoms with Crippen LogP contribution in [0.1, 0.15) is 11.1 Å². The minimum absolute atomic E-state index is 0.199. The van der Waals surface area contributed by atoms with Crippen LogP contribution < -0.4 is 10.2 Å². The number of nitrogens with zero attached hydrogens (tertiary/aromatic N) is 1. The van der Waals surface area contributed by atoms with Gasteiger partial charge in [0.25, 0.3) is 5.91 Å². The number of nitrogens with one attached hydrogen (secondary N) is 1. The Kier molecular flexibility index (Phi) is 5.49. The molecule has 0 unspecified atom stereocenters. The summed E-state index contributed by atoms with van der Waals surface area (Å²) in [7, 11) is 0. The van der Waals surface area contributed by atoms with Crippen molar-refractivity contribution in [1.82, 2.24) is 5.43 Å². The number of carbonyl (C=O) groups is 1. The lowest BCUT2D eigenvalue weighted by molar-refractivity contribution is -0.123. The van der Waals surface area contributed by atoms with Gasteiger partial charge in [-0.2, -0.15) is 5.10 Å². The molecule has 6 heteroatoms. The molecule has 0 aromatic heterocycles. The lowest BCUT2D eigenvalue weighted by atomic mass is 10.2. The van der Waals surface area contributed by atoms with Gasteiger partial charge in [-0.15, -0.1) is 0 Å². The van der Waals surface area contributed by atoms with E-state index in [0.29, 0.717) is 10.8 Å². The molecule has 4 nitrogen and oxygen atoms in total. The maximum absolute atomic E-state index is 13.3. The summed E-state index contributed by atoms with van der Waals surface area (Å²) in [5, 5.41) is 4.31. The van der Waals surface area contributed by atoms with Crippen LogP contribution >= 0.6 is 11.6 Å². The Morgan fingerprint density at radius 1 is 1.36 bits per heavy atom. The molecule has 0 heterocycles. The lowest BCUT2D eigenvalue weighted by Crippen LogP contribution is -2.24. The van der Waals surface area contributed by atoms with Crippen LogP contribution in [-0.2, 0) is 4.79 Å². The van der Waals surface area contributed by atoms with Crippen molar-refractivity contribution in [3.8, 4) is 5.75 Å². The minimum atomic E-state index is -0.444. The van der Waals surface area contributed by atoms with Gasteiger partial charge < -0.3 is 4.74 Å². The second-order valence-corrected chi connectivity index (χ2v) is 4.92. The fourth-order valence-electron chi connectivity index (χ4n) is 1.64. The zero-order valence-electron chi connectivity index (χ0n) is 11.8. The van der Waals surface area contributed by atoms with Crippen LogP contribution in [0.5, 0.6) is 5.75 Å². The van der Waals surface area contributed by atoms with Crippen molar-refractivity contribution >= 4 is 23.7 Å². The van der Waals surface area contributed by atoms with Crippen LogP contribution in [0.25, 0.3) is 0 Å². The molecule has 1 N–H and O–H groups in total. The number of benzene rings is 2. The predicted molar refractivity (Wildman–Crippen MR) is 83.8 cm³/mol. The molecule has 2 aromatic rings. The standard InChI is InChI=1S/C16H14ClFN2O2/c1-11-8-13(6-7-14(11)17)22-10-16(21)20-19-9-12-4-2-3-5-15(12)18/h2-9H,10H2,1H3,(H,20,21). The van der Waals surface area contributed by atoms with Gasteiger partial charge in [-0.3, -0.25) is 4.79 Å². The van der Waals surface area contributed by atoms with Crippen molar-refractivity contribution in [1.29, 1.82) is 0 Å². The molecular formula is C16H14ClFN2O2. The number of amides is 1. The van der Waals surface area contributed by atoms with Crippen molar-refractivity contribution < 1.29 is 13.9 Å². The summed E-state index contributed by atoms with van der Waals surface area (Å²) in [5.41, 5.74) is 3.41. The Hall–Kier alpha value is -2.40. The molecule has 0 spiro atoms. The number of ether oxygens (including phenoxy) is 1. The second-order valence-electron chi connectivity index (χ2n) is 4.51. The van der Waals surface area contributed by atoms with Crippen LogP contribution in [0, 0.1) is 12.7 Å². The maximum atomic E-state index is 13.3. The van der Waals surface area contributed by atoms with Crippen LogP contribution in [0.4, 0.5) is 4.39 Å². The van der Waals surface area contributed by atoms with E-state index in [-0.39, 0.29) is 12.2 Å². The van der Waals surface area contributed by atoms with Crippen molar-refractivity contribution in [2.45, 2.75) is 6.92 Å². The first-order valence-corrected chi connectivity index (χ1v) is 6.89. The third-order valence-electron chi connectivity index (χ3n) is 2.80. The minimum Gasteiger partial charge on any atom is -0.484 e. The van der Waals surface area contributed by atoms with E-state index in [2.05, 4.69) is 10.5 Å². The molecule has 0 bridgehead atoms. The summed E-state index contributed by atoms with van der Waals surface area (Å²) in [5.74, 6) is -0.316. The fraction of sp³-hybridized carbons (Fsp3) is 0.125. The zero-order chi connectivity index (χ0) is 15.9. The molecule has 0 aliphatic rings. The number of hydrogen-bond donors (Lipinski definition) is 1. The number of hydrazone groups is 1. The third-order valence-corrected chi connectivity index (χ3v) is 3.22. The Bertz CT molecular complexity index is 704. The van der Waals surface area contributed by atoms with Gasteiger partial charge >= 0.3 is 0 Å². The largest absolute Gasteiger partial charge is 0.484 e. The molecule has 0 radical (unpaired) electrons. The van der Waals surface area contributed by atoms with E-state index in [1.807, 2.05) is 6.92 Å². The molecule has 22 heavy (non-hydrogen) atoms. The first kappa shape index (κ1) is 16.0. The molecule has 0 fully saturated rings. The van der Waals surface area contributed by atoms with E-state index in [0.717, 1.165) is 5.56 Å². The van der Waals surface area contributed by atoms with Crippen molar-refractivity contribution in [3.05, 3.63) is 64.4 Å². The van der Waals surface area contributed by atoms with Gasteiger partial charge in [0.2, 0.25) is 0 Å². The quantitative estimate of drug-likeness (QED) is 0.678. The zero-order valence-corrected chi connectivity index (χ0v) is 12.6. The molecular weight excluding hydrogens is 307 g/mol. The van der Waals surface area contributed by atoms with Crippen LogP contribution in [0.3, 0.4) is 0 Å². The number of rotatable bonds is 5. The summed E-state index contributed by atoms with van der Waals surface area (Å²) in [6, 6.07) is 11.2. The Morgan fingerprint density at radius 3 is 2.86 bits per heavy atom. The maximum Gasteiger partial charge on any atom is 0.277 e. The van der Waals surface area contributed by atoms with Gasteiger partial charge in [0.05, 0.1) is 6.21 Å². The van der Waals surface area contributed by atoms with Crippen LogP contribution in [0.2, 0.25) is 5.02 Å². The predicted octanol–water partition coefficient (Wildman–Crippen LogP) is 3.32. The van der Waals surface area contributed by atoms with Crippen molar-refractivity contribution in [2.24, 2.45) is 5.10 Å². The molecule has 0 saturated heterocycles. The average Bonchev–Trinajstić information content (AvgIpc) is 2.50. The highest BCUT2D eigenvalue weighted by atomic mass is 35.5. The topological polar surface area (TPSA) is 50.7 Å². The molecule has 1 amide bonds. The monoisotopic (exact) mass is 320 g/mol. The van der Waals surface area contributed by atoms with E-state index >= 15 is 0 Å². The summed E-state index contributed by atoms with van der Waals surface area (Å²) in [4.78, 5) is 11.6. The average molecular weight is 321 g/mol. The van der Waals surface area contributed by atoms with Crippen LogP contribution in [0.15, 0.2) is 47.6 Å². The number of hydrogen-bond acceptors (Lipinski definition) is 3. The van der Waals surface area contributed by atoms with Gasteiger partial charge in [-0.05, 0) is 36.8 Å². The number of aryl methyl sites for hydroxylation is 1. The molecule has 0 aliphatic heterocycles. The Morgan fingerprint density at radius 2 is 2.14 bits per heavy atom. The number of halogens is 2.